The molecule has 0 bridgehead atoms. The van der Waals surface area contributed by atoms with Gasteiger partial charge in [-0.3, -0.25) is 0 Å². The number of carbonyl (C=O) groups is 1. The third kappa shape index (κ3) is 4.21. The van der Waals surface area contributed by atoms with E-state index >= 15 is 0 Å². The van der Waals surface area contributed by atoms with Crippen LogP contribution in [0.2, 0.25) is 5.02 Å². The highest BCUT2D eigenvalue weighted by atomic mass is 35.5. The number of hydrogen-bond donors (Lipinski definition) is 1. The highest BCUT2D eigenvalue weighted by Gasteiger charge is 2.33. The number of nitrogens with zero attached hydrogens (tertiary/aromatic N) is 2. The Hall–Kier alpha value is -3.90. The Morgan fingerprint density at radius 2 is 1.77 bits per heavy atom. The lowest BCUT2D eigenvalue weighted by atomic mass is 10.0. The van der Waals surface area contributed by atoms with Gasteiger partial charge in [-0.1, -0.05) is 41.9 Å². The summed E-state index contributed by atoms with van der Waals surface area (Å²) < 4.78 is 13.2. The van der Waals surface area contributed by atoms with Crippen molar-refractivity contribution < 1.29 is 14.3 Å². The summed E-state index contributed by atoms with van der Waals surface area (Å²) in [7, 11) is 3.22. The second-order valence-corrected chi connectivity index (χ2v) is 8.90. The third-order valence-corrected chi connectivity index (χ3v) is 6.62. The minimum atomic E-state index is -0.378. The number of amides is 2. The molecule has 2 amide bonds. The summed E-state index contributed by atoms with van der Waals surface area (Å²) in [6.07, 6.45) is 2.03. The van der Waals surface area contributed by atoms with E-state index in [0.717, 1.165) is 28.1 Å². The van der Waals surface area contributed by atoms with E-state index in [1.165, 1.54) is 0 Å². The predicted octanol–water partition coefficient (Wildman–Crippen LogP) is 6.59. The molecule has 0 spiro atoms. The van der Waals surface area contributed by atoms with Crippen LogP contribution in [0.25, 0.3) is 5.69 Å². The van der Waals surface area contributed by atoms with Crippen LogP contribution >= 0.6 is 11.6 Å². The molecular formula is C28H26ClN3O3. The van der Waals surface area contributed by atoms with Crippen molar-refractivity contribution in [2.24, 2.45) is 0 Å². The number of benzene rings is 3. The average molecular weight is 488 g/mol. The van der Waals surface area contributed by atoms with Gasteiger partial charge in [0.15, 0.2) is 11.5 Å². The normalized spacial score (nSPS) is 14.5. The van der Waals surface area contributed by atoms with E-state index in [0.29, 0.717) is 28.8 Å². The third-order valence-electron chi connectivity index (χ3n) is 6.39. The van der Waals surface area contributed by atoms with Crippen molar-refractivity contribution in [3.8, 4) is 17.2 Å². The minimum absolute atomic E-state index is 0.223. The van der Waals surface area contributed by atoms with Crippen molar-refractivity contribution in [2.45, 2.75) is 19.5 Å². The van der Waals surface area contributed by atoms with E-state index in [-0.39, 0.29) is 12.1 Å². The lowest BCUT2D eigenvalue weighted by molar-refractivity contribution is 0.194. The van der Waals surface area contributed by atoms with Crippen LogP contribution in [0.5, 0.6) is 11.5 Å². The molecule has 6 nitrogen and oxygen atoms in total. The Bertz CT molecular complexity index is 1400. The topological polar surface area (TPSA) is 55.7 Å². The van der Waals surface area contributed by atoms with Crippen molar-refractivity contribution in [2.75, 3.05) is 19.5 Å². The van der Waals surface area contributed by atoms with E-state index in [1.807, 2.05) is 72.6 Å². The monoisotopic (exact) mass is 487 g/mol. The fourth-order valence-corrected chi connectivity index (χ4v) is 4.80. The number of halogens is 1. The fraction of sp³-hybridized carbons (Fsp3) is 0.179. The zero-order chi connectivity index (χ0) is 24.5. The number of hydrogen-bond acceptors (Lipinski definition) is 3. The molecule has 1 unspecified atom stereocenters. The molecular weight excluding hydrogens is 462 g/mol. The van der Waals surface area contributed by atoms with E-state index in [1.54, 1.807) is 20.3 Å². The first-order valence-corrected chi connectivity index (χ1v) is 11.7. The number of aromatic nitrogens is 1. The molecule has 0 aliphatic carbocycles. The van der Waals surface area contributed by atoms with Crippen molar-refractivity contribution in [3.63, 3.8) is 0 Å². The molecule has 35 heavy (non-hydrogen) atoms. The van der Waals surface area contributed by atoms with Crippen molar-refractivity contribution in [1.82, 2.24) is 9.47 Å². The summed E-state index contributed by atoms with van der Waals surface area (Å²) in [5.41, 5.74) is 5.59. The van der Waals surface area contributed by atoms with E-state index in [2.05, 4.69) is 22.0 Å². The average Bonchev–Trinajstić information content (AvgIpc) is 3.30. The van der Waals surface area contributed by atoms with Gasteiger partial charge in [0, 0.05) is 22.6 Å². The van der Waals surface area contributed by atoms with Gasteiger partial charge < -0.3 is 24.3 Å². The van der Waals surface area contributed by atoms with Crippen LogP contribution in [-0.4, -0.2) is 29.7 Å². The van der Waals surface area contributed by atoms with Gasteiger partial charge in [0.05, 0.1) is 32.5 Å². The number of anilines is 1. The second-order valence-electron chi connectivity index (χ2n) is 8.47. The Morgan fingerprint density at radius 1 is 0.971 bits per heavy atom. The number of nitrogens with one attached hydrogen (secondary N) is 1. The van der Waals surface area contributed by atoms with E-state index in [9.17, 15) is 4.79 Å². The number of carbonyl (C=O) groups excluding carboxylic acids is 1. The van der Waals surface area contributed by atoms with Crippen molar-refractivity contribution in [3.05, 3.63) is 106 Å². The zero-order valence-electron chi connectivity index (χ0n) is 19.8. The summed E-state index contributed by atoms with van der Waals surface area (Å²) in [5.74, 6) is 1.24. The molecule has 3 aromatic carbocycles. The molecule has 2 heterocycles. The van der Waals surface area contributed by atoms with Crippen LogP contribution in [0.15, 0.2) is 79.0 Å². The number of ether oxygens (including phenoxy) is 2. The predicted molar refractivity (Wildman–Crippen MR) is 138 cm³/mol. The van der Waals surface area contributed by atoms with Gasteiger partial charge in [-0.25, -0.2) is 4.79 Å². The number of rotatable bonds is 4. The SMILES string of the molecule is COc1ccc(C2c3cccn3-c3ccccc3CN2C(=O)Nc2cc(Cl)ccc2C)cc1OC. The Balaban J connectivity index is 1.65. The zero-order valence-corrected chi connectivity index (χ0v) is 20.5. The first-order chi connectivity index (χ1) is 17.0. The molecule has 1 aromatic heterocycles. The lowest BCUT2D eigenvalue weighted by Gasteiger charge is -2.31. The minimum Gasteiger partial charge on any atom is -0.493 e. The molecule has 0 fully saturated rings. The van der Waals surface area contributed by atoms with Crippen LogP contribution in [0.4, 0.5) is 10.5 Å². The van der Waals surface area contributed by atoms with Gasteiger partial charge in [-0.2, -0.15) is 0 Å². The molecule has 0 saturated carbocycles. The van der Waals surface area contributed by atoms with E-state index < -0.39 is 0 Å². The second kappa shape index (κ2) is 9.39. The van der Waals surface area contributed by atoms with Crippen LogP contribution in [-0.2, 0) is 6.54 Å². The summed E-state index contributed by atoms with van der Waals surface area (Å²) in [5, 5.41) is 3.66. The molecule has 178 valence electrons. The molecule has 0 saturated heterocycles. The van der Waals surface area contributed by atoms with Gasteiger partial charge in [0.25, 0.3) is 0 Å². The number of fused-ring (bicyclic) bond motifs is 3. The highest BCUT2D eigenvalue weighted by Crippen LogP contribution is 2.40. The van der Waals surface area contributed by atoms with Crippen LogP contribution in [0.3, 0.4) is 0 Å². The smallest absolute Gasteiger partial charge is 0.322 e. The summed E-state index contributed by atoms with van der Waals surface area (Å²) in [4.78, 5) is 15.7. The number of para-hydroxylation sites is 1. The first kappa shape index (κ1) is 22.9. The maximum Gasteiger partial charge on any atom is 0.322 e. The van der Waals surface area contributed by atoms with Gasteiger partial charge in [0.1, 0.15) is 0 Å². The van der Waals surface area contributed by atoms with Crippen LogP contribution in [0, 0.1) is 6.92 Å². The Kier molecular flexibility index (Phi) is 6.14. The molecule has 4 aromatic rings. The summed E-state index contributed by atoms with van der Waals surface area (Å²) in [6.45, 7) is 2.36. The molecule has 1 N–H and O–H groups in total. The Morgan fingerprint density at radius 3 is 2.57 bits per heavy atom. The first-order valence-electron chi connectivity index (χ1n) is 11.3. The van der Waals surface area contributed by atoms with Crippen molar-refractivity contribution >= 4 is 23.3 Å². The summed E-state index contributed by atoms with van der Waals surface area (Å²) >= 11 is 6.22. The molecule has 1 atom stereocenters. The molecule has 5 rings (SSSR count). The molecule has 1 aliphatic heterocycles. The Labute approximate surface area is 209 Å². The molecule has 1 aliphatic rings. The van der Waals surface area contributed by atoms with E-state index in [4.69, 9.17) is 21.1 Å². The quantitative estimate of drug-likeness (QED) is 0.353. The number of methoxy groups -OCH3 is 2. The van der Waals surface area contributed by atoms with Crippen LogP contribution < -0.4 is 14.8 Å². The van der Waals surface area contributed by atoms with Gasteiger partial charge >= 0.3 is 6.03 Å². The maximum absolute atomic E-state index is 13.9. The van der Waals surface area contributed by atoms with Gasteiger partial charge in [-0.05, 0) is 66.1 Å². The molecule has 7 heteroatoms. The maximum atomic E-state index is 13.9. The fourth-order valence-electron chi connectivity index (χ4n) is 4.63. The number of urea groups is 1. The summed E-state index contributed by atoms with van der Waals surface area (Å²) in [6, 6.07) is 22.9. The largest absolute Gasteiger partial charge is 0.493 e. The standard InChI is InChI=1S/C28H26ClN3O3/c1-18-10-12-21(29)16-22(18)30-28(33)32-17-20-7-4-5-8-23(20)31-14-6-9-24(31)27(32)19-11-13-25(34-2)26(15-19)35-3/h4-16,27H,17H2,1-3H3,(H,30,33). The number of aryl methyl sites for hydroxylation is 1. The van der Waals surface area contributed by atoms with Crippen molar-refractivity contribution in [1.29, 1.82) is 0 Å². The van der Waals surface area contributed by atoms with Crippen LogP contribution in [0.1, 0.15) is 28.4 Å². The molecule has 0 radical (unpaired) electrons. The lowest BCUT2D eigenvalue weighted by Crippen LogP contribution is -2.38. The highest BCUT2D eigenvalue weighted by molar-refractivity contribution is 6.31. The van der Waals surface area contributed by atoms with Gasteiger partial charge in [-0.15, -0.1) is 0 Å². The van der Waals surface area contributed by atoms with Gasteiger partial charge in [0.2, 0.25) is 0 Å².